The summed E-state index contributed by atoms with van der Waals surface area (Å²) in [6.07, 6.45) is 1.64. The molecule has 0 radical (unpaired) electrons. The number of carbonyl (C=O) groups excluding carboxylic acids is 3. The van der Waals surface area contributed by atoms with Crippen LogP contribution in [-0.4, -0.2) is 39.9 Å². The average Bonchev–Trinajstić information content (AvgIpc) is 3.55. The number of nitrogens with zero attached hydrogens (tertiary/aromatic N) is 1. The normalized spacial score (nSPS) is 19.3. The molecule has 9 nitrogen and oxygen atoms in total. The molecule has 1 fully saturated rings. The second kappa shape index (κ2) is 10.3. The summed E-state index contributed by atoms with van der Waals surface area (Å²) in [6, 6.07) is 10.6. The van der Waals surface area contributed by atoms with Crippen molar-refractivity contribution in [3.8, 4) is 0 Å². The number of rotatable bonds is 7. The van der Waals surface area contributed by atoms with E-state index >= 15 is 0 Å². The average molecular weight is 532 g/mol. The quantitative estimate of drug-likeness (QED) is 0.161. The molecule has 1 aromatic heterocycles. The van der Waals surface area contributed by atoms with Gasteiger partial charge in [-0.15, -0.1) is 6.92 Å². The Bertz CT molecular complexity index is 1490. The fourth-order valence-electron chi connectivity index (χ4n) is 4.86. The highest BCUT2D eigenvalue weighted by Crippen LogP contribution is 2.37. The van der Waals surface area contributed by atoms with E-state index in [9.17, 15) is 23.9 Å². The lowest BCUT2D eigenvalue weighted by Gasteiger charge is -2.21. The van der Waals surface area contributed by atoms with Gasteiger partial charge in [0.2, 0.25) is 5.91 Å². The molecular weight excluding hydrogens is 503 g/mol. The molecule has 202 valence electrons. The third kappa shape index (κ3) is 5.22. The number of ether oxygens (including phenoxy) is 1. The smallest absolute Gasteiger partial charge is 0.305 e. The van der Waals surface area contributed by atoms with Crippen molar-refractivity contribution in [1.29, 1.82) is 0 Å². The number of aryl methyl sites for hydroxylation is 1. The summed E-state index contributed by atoms with van der Waals surface area (Å²) >= 11 is 0. The molecule has 2 aliphatic heterocycles. The number of benzene rings is 2. The number of aromatic nitrogens is 1. The largest absolute Gasteiger partial charge is 0.517 e. The maximum absolute atomic E-state index is 13.2. The minimum atomic E-state index is -0.721. The van der Waals surface area contributed by atoms with Crippen LogP contribution in [0.3, 0.4) is 0 Å². The second-order valence-electron chi connectivity index (χ2n) is 9.79. The molecule has 3 heterocycles. The van der Waals surface area contributed by atoms with Crippen LogP contribution in [0.15, 0.2) is 42.5 Å². The first-order valence-electron chi connectivity index (χ1n) is 12.6. The molecule has 4 N–H and O–H groups in total. The molecule has 39 heavy (non-hydrogen) atoms. The van der Waals surface area contributed by atoms with Gasteiger partial charge in [0, 0.05) is 35.0 Å². The number of halogens is 1. The molecule has 0 aliphatic carbocycles. The number of cyclic esters (lactones) is 1. The molecule has 2 aromatic carbocycles. The maximum atomic E-state index is 13.2. The Labute approximate surface area is 224 Å². The zero-order valence-corrected chi connectivity index (χ0v) is 21.7. The van der Waals surface area contributed by atoms with Crippen molar-refractivity contribution < 1.29 is 33.6 Å². The highest BCUT2D eigenvalue weighted by molar-refractivity contribution is 6.05. The number of aliphatic hydroxyl groups excluding tert-OH is 1. The zero-order valence-electron chi connectivity index (χ0n) is 21.7. The van der Waals surface area contributed by atoms with Gasteiger partial charge in [0.25, 0.3) is 11.8 Å². The molecule has 5 rings (SSSR count). The number of hydrogen-bond donors (Lipinski definition) is 4. The van der Waals surface area contributed by atoms with Crippen LogP contribution < -0.4 is 15.6 Å². The first kappa shape index (κ1) is 26.0. The van der Waals surface area contributed by atoms with Gasteiger partial charge < -0.3 is 25.5 Å². The topological polar surface area (TPSA) is 132 Å². The number of carbonyl (C=O) groups is 3. The molecule has 0 saturated carbocycles. The van der Waals surface area contributed by atoms with Gasteiger partial charge in [0.15, 0.2) is 6.10 Å². The first-order chi connectivity index (χ1) is 18.6. The number of anilines is 1. The van der Waals surface area contributed by atoms with Crippen LogP contribution in [0.1, 0.15) is 70.2 Å². The van der Waals surface area contributed by atoms with Gasteiger partial charge in [-0.25, -0.2) is 16.4 Å². The Balaban J connectivity index is 1.35. The van der Waals surface area contributed by atoms with E-state index in [0.29, 0.717) is 45.9 Å². The standard InChI is InChI=1S/C29H28FN4O5/c1-14-23(31-16(3)26(14)34-29(38)24-10-11-25(35)39-24)13-21-20-12-18(6-9-22(20)33-28(21)37)27(36)32-15(2)17-4-7-19(30)8-5-17/h4-9,12-13,15,21,24,34,38H,10-11H2,1-3H3,(H,32,36)(H,33,37)/q-1/t15-,21?,24+/m1/s1. The van der Waals surface area contributed by atoms with Crippen LogP contribution in [0.4, 0.5) is 15.8 Å². The number of amides is 2. The highest BCUT2D eigenvalue weighted by atomic mass is 19.1. The Morgan fingerprint density at radius 1 is 1.26 bits per heavy atom. The fourth-order valence-corrected chi connectivity index (χ4v) is 4.86. The second-order valence-corrected chi connectivity index (χ2v) is 9.79. The maximum Gasteiger partial charge on any atom is 0.305 e. The molecular formula is C29H28FN4O5-. The van der Waals surface area contributed by atoms with E-state index in [4.69, 9.17) is 4.74 Å². The number of esters is 1. The van der Waals surface area contributed by atoms with Crippen molar-refractivity contribution in [3.05, 3.63) is 88.3 Å². The van der Waals surface area contributed by atoms with E-state index in [1.807, 2.05) is 13.8 Å². The molecule has 1 unspecified atom stereocenters. The van der Waals surface area contributed by atoms with Gasteiger partial charge in [-0.2, -0.15) is 5.69 Å². The van der Waals surface area contributed by atoms with E-state index in [1.54, 1.807) is 43.7 Å². The third-order valence-corrected chi connectivity index (χ3v) is 7.08. The predicted octanol–water partition coefficient (Wildman–Crippen LogP) is 2.71. The van der Waals surface area contributed by atoms with E-state index in [0.717, 1.165) is 5.56 Å². The third-order valence-electron chi connectivity index (χ3n) is 7.08. The van der Waals surface area contributed by atoms with E-state index < -0.39 is 12.0 Å². The number of nitrogens with one attached hydrogen (secondary N) is 3. The van der Waals surface area contributed by atoms with Gasteiger partial charge in [0.05, 0.1) is 6.04 Å². The Kier molecular flexibility index (Phi) is 6.86. The SMILES string of the molecule is Cc1nc([CH-]C2C(=O)Nc3ccc(C(=O)N[C@H](C)c4ccc(F)cc4)cc32)c(C)[c-]1[NH+]=C(O)[C@@H]1CCC(=O)O1. The highest BCUT2D eigenvalue weighted by Gasteiger charge is 2.30. The lowest BCUT2D eigenvalue weighted by atomic mass is 9.93. The first-order valence-corrected chi connectivity index (χ1v) is 12.6. The molecule has 3 atom stereocenters. The lowest BCUT2D eigenvalue weighted by Crippen LogP contribution is -2.69. The minimum Gasteiger partial charge on any atom is -0.517 e. The summed E-state index contributed by atoms with van der Waals surface area (Å²) in [6.45, 7) is 5.40. The molecule has 2 amide bonds. The van der Waals surface area contributed by atoms with Crippen LogP contribution in [0.25, 0.3) is 0 Å². The van der Waals surface area contributed by atoms with Crippen LogP contribution in [-0.2, 0) is 14.3 Å². The van der Waals surface area contributed by atoms with E-state index in [2.05, 4.69) is 20.6 Å². The molecule has 1 saturated heterocycles. The van der Waals surface area contributed by atoms with Crippen molar-refractivity contribution in [3.63, 3.8) is 0 Å². The van der Waals surface area contributed by atoms with Crippen molar-refractivity contribution >= 4 is 35.1 Å². The lowest BCUT2D eigenvalue weighted by molar-refractivity contribution is -0.371. The number of fused-ring (bicyclic) bond motifs is 1. The summed E-state index contributed by atoms with van der Waals surface area (Å²) in [5, 5.41) is 16.2. The van der Waals surface area contributed by atoms with Gasteiger partial charge in [0.1, 0.15) is 5.82 Å². The minimum absolute atomic E-state index is 0.166. The van der Waals surface area contributed by atoms with Gasteiger partial charge in [-0.3, -0.25) is 19.4 Å². The van der Waals surface area contributed by atoms with Gasteiger partial charge >= 0.3 is 5.97 Å². The Morgan fingerprint density at radius 2 is 2.00 bits per heavy atom. The van der Waals surface area contributed by atoms with E-state index in [-0.39, 0.29) is 42.0 Å². The summed E-state index contributed by atoms with van der Waals surface area (Å²) in [4.78, 5) is 44.8. The van der Waals surface area contributed by atoms with Crippen LogP contribution in [0, 0.1) is 26.1 Å². The molecule has 0 spiro atoms. The molecule has 10 heteroatoms. The van der Waals surface area contributed by atoms with Crippen molar-refractivity contribution in [2.75, 3.05) is 5.32 Å². The number of aliphatic hydroxyl groups is 1. The van der Waals surface area contributed by atoms with Crippen LogP contribution in [0.5, 0.6) is 0 Å². The van der Waals surface area contributed by atoms with Crippen LogP contribution >= 0.6 is 0 Å². The Morgan fingerprint density at radius 3 is 2.69 bits per heavy atom. The van der Waals surface area contributed by atoms with Crippen molar-refractivity contribution in [2.45, 2.75) is 51.7 Å². The summed E-state index contributed by atoms with van der Waals surface area (Å²) in [7, 11) is 0. The van der Waals surface area contributed by atoms with Crippen molar-refractivity contribution in [1.82, 2.24) is 10.3 Å². The summed E-state index contributed by atoms with van der Waals surface area (Å²) in [5.74, 6) is -2.13. The van der Waals surface area contributed by atoms with Crippen LogP contribution in [0.2, 0.25) is 0 Å². The predicted molar refractivity (Wildman–Crippen MR) is 140 cm³/mol. The number of hydrogen-bond acceptors (Lipinski definition) is 5. The van der Waals surface area contributed by atoms with Gasteiger partial charge in [-0.05, 0) is 61.7 Å². The Hall–Kier alpha value is -4.60. The van der Waals surface area contributed by atoms with Crippen molar-refractivity contribution in [2.24, 2.45) is 0 Å². The summed E-state index contributed by atoms with van der Waals surface area (Å²) < 4.78 is 18.4. The summed E-state index contributed by atoms with van der Waals surface area (Å²) in [5.41, 5.74) is 4.85. The monoisotopic (exact) mass is 531 g/mol. The zero-order chi connectivity index (χ0) is 27.8. The molecule has 2 aliphatic rings. The van der Waals surface area contributed by atoms with E-state index in [1.165, 1.54) is 12.1 Å². The fraction of sp³-hybridized carbons (Fsp3) is 0.276. The van der Waals surface area contributed by atoms with Gasteiger partial charge in [-0.1, -0.05) is 12.1 Å². The molecule has 0 bridgehead atoms. The molecule has 3 aromatic rings.